The molecule has 150 valence electrons. The van der Waals surface area contributed by atoms with Crippen LogP contribution in [0.2, 0.25) is 0 Å². The maximum absolute atomic E-state index is 5.35. The van der Waals surface area contributed by atoms with E-state index in [1.165, 1.54) is 23.2 Å². The Kier molecular flexibility index (Phi) is 6.11. The number of hydrogen-bond acceptors (Lipinski definition) is 4. The number of aromatic nitrogens is 1. The van der Waals surface area contributed by atoms with Crippen molar-refractivity contribution in [3.8, 4) is 11.5 Å². The molecule has 4 rings (SSSR count). The van der Waals surface area contributed by atoms with Crippen LogP contribution in [0.15, 0.2) is 66.7 Å². The summed E-state index contributed by atoms with van der Waals surface area (Å²) in [6, 6.07) is 23.4. The molecule has 0 N–H and O–H groups in total. The second-order valence-electron chi connectivity index (χ2n) is 7.56. The van der Waals surface area contributed by atoms with Crippen LogP contribution < -0.4 is 9.47 Å². The van der Waals surface area contributed by atoms with Crippen molar-refractivity contribution in [1.29, 1.82) is 0 Å². The average molecular weight is 389 g/mol. The van der Waals surface area contributed by atoms with Crippen LogP contribution in [0.3, 0.4) is 0 Å². The molecule has 3 aromatic rings. The van der Waals surface area contributed by atoms with Crippen molar-refractivity contribution >= 4 is 0 Å². The van der Waals surface area contributed by atoms with E-state index in [0.717, 1.165) is 43.1 Å². The molecule has 2 aromatic carbocycles. The fourth-order valence-electron chi connectivity index (χ4n) is 4.09. The number of ether oxygens (including phenoxy) is 2. The van der Waals surface area contributed by atoms with E-state index in [0.29, 0.717) is 6.04 Å². The van der Waals surface area contributed by atoms with Gasteiger partial charge in [-0.1, -0.05) is 30.3 Å². The Balaban J connectivity index is 1.48. The van der Waals surface area contributed by atoms with Gasteiger partial charge in [-0.2, -0.15) is 0 Å². The zero-order valence-corrected chi connectivity index (χ0v) is 17.2. The molecule has 1 aliphatic heterocycles. The summed E-state index contributed by atoms with van der Waals surface area (Å²) in [6.07, 6.45) is 3.19. The van der Waals surface area contributed by atoms with Gasteiger partial charge in [0.1, 0.15) is 11.5 Å². The van der Waals surface area contributed by atoms with Crippen LogP contribution in [0.4, 0.5) is 0 Å². The molecule has 0 amide bonds. The Morgan fingerprint density at radius 1 is 0.897 bits per heavy atom. The van der Waals surface area contributed by atoms with Gasteiger partial charge in [-0.3, -0.25) is 9.88 Å². The van der Waals surface area contributed by atoms with E-state index in [1.54, 1.807) is 14.2 Å². The van der Waals surface area contributed by atoms with Gasteiger partial charge < -0.3 is 9.47 Å². The van der Waals surface area contributed by atoms with Gasteiger partial charge in [-0.05, 0) is 66.9 Å². The van der Waals surface area contributed by atoms with Crippen molar-refractivity contribution in [2.24, 2.45) is 0 Å². The predicted molar refractivity (Wildman–Crippen MR) is 115 cm³/mol. The van der Waals surface area contributed by atoms with Crippen LogP contribution in [0.25, 0.3) is 0 Å². The highest BCUT2D eigenvalue weighted by Crippen LogP contribution is 2.32. The van der Waals surface area contributed by atoms with Gasteiger partial charge in [0.05, 0.1) is 26.0 Å². The van der Waals surface area contributed by atoms with E-state index in [-0.39, 0.29) is 0 Å². The molecule has 1 aliphatic rings. The van der Waals surface area contributed by atoms with Gasteiger partial charge in [0, 0.05) is 18.7 Å². The van der Waals surface area contributed by atoms with Crippen molar-refractivity contribution in [1.82, 2.24) is 9.88 Å². The quantitative estimate of drug-likeness (QED) is 0.569. The minimum Gasteiger partial charge on any atom is -0.497 e. The van der Waals surface area contributed by atoms with Gasteiger partial charge in [-0.15, -0.1) is 0 Å². The molecule has 0 saturated carbocycles. The number of nitrogens with zero attached hydrogens (tertiary/aromatic N) is 2. The second-order valence-corrected chi connectivity index (χ2v) is 7.56. The standard InChI is InChI=1S/C25H28N2O2/c1-28-22-13-11-19(12-14-22)18-27-15-5-10-25(27)24-9-4-7-21(26-24)16-20-6-3-8-23(17-20)29-2/h3-4,6-9,11-14,17,25H,5,10,15-16,18H2,1-2H3/t25-/m1/s1. The lowest BCUT2D eigenvalue weighted by molar-refractivity contribution is 0.244. The molecule has 0 spiro atoms. The predicted octanol–water partition coefficient (Wildman–Crippen LogP) is 5.03. The van der Waals surface area contributed by atoms with Crippen LogP contribution in [0.1, 0.15) is 41.4 Å². The molecule has 0 radical (unpaired) electrons. The summed E-state index contributed by atoms with van der Waals surface area (Å²) in [5.41, 5.74) is 4.81. The summed E-state index contributed by atoms with van der Waals surface area (Å²) in [5, 5.41) is 0. The number of pyridine rings is 1. The molecule has 4 nitrogen and oxygen atoms in total. The Hall–Kier alpha value is -2.85. The van der Waals surface area contributed by atoms with Crippen molar-refractivity contribution in [2.75, 3.05) is 20.8 Å². The first-order valence-corrected chi connectivity index (χ1v) is 10.2. The molecule has 1 aromatic heterocycles. The average Bonchev–Trinajstić information content (AvgIpc) is 3.23. The molecule has 0 unspecified atom stereocenters. The highest BCUT2D eigenvalue weighted by Gasteiger charge is 2.27. The van der Waals surface area contributed by atoms with Crippen molar-refractivity contribution in [3.63, 3.8) is 0 Å². The highest BCUT2D eigenvalue weighted by atomic mass is 16.5. The first kappa shape index (κ1) is 19.5. The fraction of sp³-hybridized carbons (Fsp3) is 0.320. The van der Waals surface area contributed by atoms with Crippen LogP contribution >= 0.6 is 0 Å². The second kappa shape index (κ2) is 9.10. The normalized spacial score (nSPS) is 16.7. The third-order valence-corrected chi connectivity index (χ3v) is 5.60. The third kappa shape index (κ3) is 4.77. The van der Waals surface area contributed by atoms with E-state index in [2.05, 4.69) is 47.4 Å². The van der Waals surface area contributed by atoms with Gasteiger partial charge in [-0.25, -0.2) is 0 Å². The molecule has 1 fully saturated rings. The Morgan fingerprint density at radius 3 is 2.48 bits per heavy atom. The summed E-state index contributed by atoms with van der Waals surface area (Å²) >= 11 is 0. The summed E-state index contributed by atoms with van der Waals surface area (Å²) in [5.74, 6) is 1.79. The summed E-state index contributed by atoms with van der Waals surface area (Å²) < 4.78 is 10.6. The van der Waals surface area contributed by atoms with Gasteiger partial charge in [0.15, 0.2) is 0 Å². The van der Waals surface area contributed by atoms with E-state index >= 15 is 0 Å². The van der Waals surface area contributed by atoms with Crippen LogP contribution in [0, 0.1) is 0 Å². The minimum atomic E-state index is 0.377. The van der Waals surface area contributed by atoms with E-state index in [9.17, 15) is 0 Å². The van der Waals surface area contributed by atoms with Gasteiger partial charge in [0.25, 0.3) is 0 Å². The van der Waals surface area contributed by atoms with Crippen LogP contribution in [-0.2, 0) is 13.0 Å². The van der Waals surface area contributed by atoms with E-state index < -0.39 is 0 Å². The monoisotopic (exact) mass is 388 g/mol. The number of methoxy groups -OCH3 is 2. The molecular weight excluding hydrogens is 360 g/mol. The Morgan fingerprint density at radius 2 is 1.69 bits per heavy atom. The maximum atomic E-state index is 5.35. The van der Waals surface area contributed by atoms with Crippen molar-refractivity contribution in [2.45, 2.75) is 31.8 Å². The smallest absolute Gasteiger partial charge is 0.119 e. The summed E-state index contributed by atoms with van der Waals surface area (Å²) in [4.78, 5) is 7.56. The maximum Gasteiger partial charge on any atom is 0.119 e. The van der Waals surface area contributed by atoms with Crippen molar-refractivity contribution in [3.05, 3.63) is 89.2 Å². The zero-order chi connectivity index (χ0) is 20.1. The van der Waals surface area contributed by atoms with E-state index in [4.69, 9.17) is 14.5 Å². The molecule has 0 bridgehead atoms. The van der Waals surface area contributed by atoms with Crippen LogP contribution in [0.5, 0.6) is 11.5 Å². The molecule has 4 heteroatoms. The number of rotatable bonds is 7. The third-order valence-electron chi connectivity index (χ3n) is 5.60. The number of likely N-dealkylation sites (tertiary alicyclic amines) is 1. The molecule has 29 heavy (non-hydrogen) atoms. The van der Waals surface area contributed by atoms with Crippen LogP contribution in [-0.4, -0.2) is 30.6 Å². The minimum absolute atomic E-state index is 0.377. The molecular formula is C25H28N2O2. The first-order valence-electron chi connectivity index (χ1n) is 10.2. The lowest BCUT2D eigenvalue weighted by atomic mass is 10.1. The zero-order valence-electron chi connectivity index (χ0n) is 17.2. The Labute approximate surface area is 173 Å². The first-order chi connectivity index (χ1) is 14.2. The van der Waals surface area contributed by atoms with Gasteiger partial charge in [0.2, 0.25) is 0 Å². The molecule has 1 saturated heterocycles. The van der Waals surface area contributed by atoms with Gasteiger partial charge >= 0.3 is 0 Å². The number of hydrogen-bond donors (Lipinski definition) is 0. The largest absolute Gasteiger partial charge is 0.497 e. The molecule has 2 heterocycles. The highest BCUT2D eigenvalue weighted by molar-refractivity contribution is 5.32. The number of benzene rings is 2. The summed E-state index contributed by atoms with van der Waals surface area (Å²) in [7, 11) is 3.41. The topological polar surface area (TPSA) is 34.6 Å². The lowest BCUT2D eigenvalue weighted by Gasteiger charge is -2.24. The Bertz CT molecular complexity index is 940. The SMILES string of the molecule is COc1ccc(CN2CCC[C@@H]2c2cccc(Cc3cccc(OC)c3)n2)cc1. The van der Waals surface area contributed by atoms with E-state index in [1.807, 2.05) is 24.3 Å². The summed E-state index contributed by atoms with van der Waals surface area (Å²) in [6.45, 7) is 2.05. The molecule has 0 aliphatic carbocycles. The lowest BCUT2D eigenvalue weighted by Crippen LogP contribution is -2.23. The fourth-order valence-corrected chi connectivity index (χ4v) is 4.09. The van der Waals surface area contributed by atoms with Crippen molar-refractivity contribution < 1.29 is 9.47 Å². The molecule has 1 atom stereocenters.